The summed E-state index contributed by atoms with van der Waals surface area (Å²) in [5, 5.41) is 10.2. The van der Waals surface area contributed by atoms with Crippen LogP contribution in [0.15, 0.2) is 54.6 Å². The number of aryl methyl sites for hydroxylation is 1. The molecule has 0 aliphatic rings. The first kappa shape index (κ1) is 24.7. The second-order valence-corrected chi connectivity index (χ2v) is 8.16. The molecule has 3 aromatic rings. The second kappa shape index (κ2) is 10.4. The van der Waals surface area contributed by atoms with Crippen molar-refractivity contribution in [2.24, 2.45) is 0 Å². The van der Waals surface area contributed by atoms with E-state index in [0.29, 0.717) is 24.7 Å². The summed E-state index contributed by atoms with van der Waals surface area (Å²) in [6.45, 7) is 6.14. The third-order valence-electron chi connectivity index (χ3n) is 5.17. The molecule has 0 radical (unpaired) electrons. The van der Waals surface area contributed by atoms with Crippen LogP contribution in [0, 0.1) is 5.82 Å². The number of nitrogens with zero attached hydrogens (tertiary/aromatic N) is 2. The van der Waals surface area contributed by atoms with Crippen molar-refractivity contribution in [1.82, 2.24) is 20.4 Å². The molecule has 0 unspecified atom stereocenters. The van der Waals surface area contributed by atoms with Gasteiger partial charge in [0.25, 0.3) is 0 Å². The van der Waals surface area contributed by atoms with E-state index in [2.05, 4.69) is 15.7 Å². The van der Waals surface area contributed by atoms with Gasteiger partial charge in [-0.1, -0.05) is 18.2 Å². The Morgan fingerprint density at radius 1 is 1.00 bits per heavy atom. The van der Waals surface area contributed by atoms with Crippen LogP contribution in [0.4, 0.5) is 17.6 Å². The summed E-state index contributed by atoms with van der Waals surface area (Å²) in [5.41, 5.74) is 2.32. The molecule has 0 bridgehead atoms. The maximum Gasteiger partial charge on any atom is 0.401 e. The molecule has 0 fully saturated rings. The molecule has 0 saturated carbocycles. The highest BCUT2D eigenvalue weighted by atomic mass is 19.4. The van der Waals surface area contributed by atoms with E-state index in [1.807, 2.05) is 55.8 Å². The molecule has 1 aromatic heterocycles. The molecule has 2 aromatic carbocycles. The Bertz CT molecular complexity index is 1050. The summed E-state index contributed by atoms with van der Waals surface area (Å²) < 4.78 is 57.6. The SMILES string of the molecule is CCn1nc(Oc2ccc(F)cc2)cc1-c1cccc(C(C)(C)NCCNCC(F)(F)F)c1. The third kappa shape index (κ3) is 7.03. The fourth-order valence-electron chi connectivity index (χ4n) is 3.40. The minimum Gasteiger partial charge on any atom is -0.438 e. The molecule has 0 saturated heterocycles. The maximum absolute atomic E-state index is 13.1. The lowest BCUT2D eigenvalue weighted by atomic mass is 9.92. The first-order chi connectivity index (χ1) is 15.6. The Balaban J connectivity index is 1.72. The first-order valence-electron chi connectivity index (χ1n) is 10.7. The van der Waals surface area contributed by atoms with Gasteiger partial charge >= 0.3 is 6.18 Å². The van der Waals surface area contributed by atoms with E-state index >= 15 is 0 Å². The zero-order chi connectivity index (χ0) is 24.1. The van der Waals surface area contributed by atoms with Crippen molar-refractivity contribution in [3.8, 4) is 22.9 Å². The predicted octanol–water partition coefficient (Wildman–Crippen LogP) is 5.48. The van der Waals surface area contributed by atoms with Gasteiger partial charge in [-0.2, -0.15) is 13.2 Å². The van der Waals surface area contributed by atoms with E-state index < -0.39 is 18.3 Å². The number of halogens is 4. The molecule has 0 spiro atoms. The van der Waals surface area contributed by atoms with Gasteiger partial charge in [0, 0.05) is 36.8 Å². The highest BCUT2D eigenvalue weighted by molar-refractivity contribution is 5.62. The van der Waals surface area contributed by atoms with Gasteiger partial charge in [0.1, 0.15) is 11.6 Å². The van der Waals surface area contributed by atoms with Gasteiger partial charge in [0.2, 0.25) is 5.88 Å². The predicted molar refractivity (Wildman–Crippen MR) is 120 cm³/mol. The van der Waals surface area contributed by atoms with Crippen LogP contribution in [-0.4, -0.2) is 35.6 Å². The molecule has 33 heavy (non-hydrogen) atoms. The number of rotatable bonds is 10. The van der Waals surface area contributed by atoms with E-state index in [1.165, 1.54) is 12.1 Å². The topological polar surface area (TPSA) is 51.1 Å². The van der Waals surface area contributed by atoms with Gasteiger partial charge in [-0.15, -0.1) is 5.10 Å². The van der Waals surface area contributed by atoms with E-state index in [1.54, 1.807) is 12.1 Å². The molecule has 0 atom stereocenters. The summed E-state index contributed by atoms with van der Waals surface area (Å²) in [6, 6.07) is 15.5. The van der Waals surface area contributed by atoms with Crippen LogP contribution >= 0.6 is 0 Å². The molecule has 5 nitrogen and oxygen atoms in total. The standard InChI is InChI=1S/C24H28F4N4O/c1-4-32-21(15-22(31-32)33-20-10-8-19(25)9-11-20)17-6-5-7-18(14-17)23(2,3)30-13-12-29-16-24(26,27)28/h5-11,14-15,29-30H,4,12-13,16H2,1-3H3. The lowest BCUT2D eigenvalue weighted by Crippen LogP contribution is -2.42. The number of aromatic nitrogens is 2. The zero-order valence-electron chi connectivity index (χ0n) is 18.8. The summed E-state index contributed by atoms with van der Waals surface area (Å²) in [4.78, 5) is 0. The van der Waals surface area contributed by atoms with E-state index in [0.717, 1.165) is 16.8 Å². The van der Waals surface area contributed by atoms with Crippen molar-refractivity contribution in [2.75, 3.05) is 19.6 Å². The molecule has 0 aliphatic heterocycles. The molecule has 3 rings (SSSR count). The molecule has 9 heteroatoms. The Morgan fingerprint density at radius 3 is 2.39 bits per heavy atom. The highest BCUT2D eigenvalue weighted by Gasteiger charge is 2.26. The first-order valence-corrected chi connectivity index (χ1v) is 10.7. The number of ether oxygens (including phenoxy) is 1. The summed E-state index contributed by atoms with van der Waals surface area (Å²) in [6.07, 6.45) is -4.22. The number of hydrogen-bond acceptors (Lipinski definition) is 4. The summed E-state index contributed by atoms with van der Waals surface area (Å²) in [5.74, 6) is 0.546. The van der Waals surface area contributed by atoms with Crippen molar-refractivity contribution in [3.63, 3.8) is 0 Å². The van der Waals surface area contributed by atoms with Gasteiger partial charge in [-0.3, -0.25) is 4.68 Å². The van der Waals surface area contributed by atoms with Crippen molar-refractivity contribution in [2.45, 2.75) is 39.0 Å². The average Bonchev–Trinajstić information content (AvgIpc) is 3.17. The van der Waals surface area contributed by atoms with Gasteiger partial charge in [0.05, 0.1) is 12.2 Å². The quantitative estimate of drug-likeness (QED) is 0.308. The minimum atomic E-state index is -4.22. The van der Waals surface area contributed by atoms with Gasteiger partial charge in [-0.25, -0.2) is 4.39 Å². The maximum atomic E-state index is 13.1. The highest BCUT2D eigenvalue weighted by Crippen LogP contribution is 2.30. The number of hydrogen-bond donors (Lipinski definition) is 2. The van der Waals surface area contributed by atoms with Crippen molar-refractivity contribution >= 4 is 0 Å². The lowest BCUT2D eigenvalue weighted by Gasteiger charge is -2.28. The Labute approximate surface area is 190 Å². The minimum absolute atomic E-state index is 0.204. The van der Waals surface area contributed by atoms with Gasteiger partial charge < -0.3 is 15.4 Å². The van der Waals surface area contributed by atoms with Crippen molar-refractivity contribution in [1.29, 1.82) is 0 Å². The summed E-state index contributed by atoms with van der Waals surface area (Å²) in [7, 11) is 0. The van der Waals surface area contributed by atoms with Crippen molar-refractivity contribution in [3.05, 3.63) is 66.0 Å². The Kier molecular flexibility index (Phi) is 7.76. The van der Waals surface area contributed by atoms with Crippen LogP contribution in [0.25, 0.3) is 11.3 Å². The van der Waals surface area contributed by atoms with Crippen LogP contribution < -0.4 is 15.4 Å². The van der Waals surface area contributed by atoms with Crippen LogP contribution in [0.2, 0.25) is 0 Å². The van der Waals surface area contributed by atoms with Crippen LogP contribution in [0.1, 0.15) is 26.3 Å². The van der Waals surface area contributed by atoms with Crippen molar-refractivity contribution < 1.29 is 22.3 Å². The Hall–Kier alpha value is -2.91. The molecule has 0 aliphatic carbocycles. The number of benzene rings is 2. The van der Waals surface area contributed by atoms with Gasteiger partial charge in [-0.05, 0) is 56.7 Å². The largest absolute Gasteiger partial charge is 0.438 e. The van der Waals surface area contributed by atoms with E-state index in [9.17, 15) is 17.6 Å². The van der Waals surface area contributed by atoms with Gasteiger partial charge in [0.15, 0.2) is 0 Å². The number of alkyl halides is 3. The molecule has 178 valence electrons. The molecule has 0 amide bonds. The monoisotopic (exact) mass is 464 g/mol. The van der Waals surface area contributed by atoms with E-state index in [-0.39, 0.29) is 12.4 Å². The Morgan fingerprint density at radius 2 is 1.73 bits per heavy atom. The summed E-state index contributed by atoms with van der Waals surface area (Å²) >= 11 is 0. The fraction of sp³-hybridized carbons (Fsp3) is 0.375. The van der Waals surface area contributed by atoms with Crippen LogP contribution in [0.3, 0.4) is 0 Å². The molecule has 2 N–H and O–H groups in total. The zero-order valence-corrected chi connectivity index (χ0v) is 18.8. The molecular formula is C24H28F4N4O. The lowest BCUT2D eigenvalue weighted by molar-refractivity contribution is -0.124. The molecular weight excluding hydrogens is 436 g/mol. The van der Waals surface area contributed by atoms with E-state index in [4.69, 9.17) is 4.74 Å². The molecule has 1 heterocycles. The second-order valence-electron chi connectivity index (χ2n) is 8.16. The smallest absolute Gasteiger partial charge is 0.401 e. The third-order valence-corrected chi connectivity index (χ3v) is 5.17. The van der Waals surface area contributed by atoms with Crippen LogP contribution in [0.5, 0.6) is 11.6 Å². The van der Waals surface area contributed by atoms with Crippen LogP contribution in [-0.2, 0) is 12.1 Å². The number of nitrogens with one attached hydrogen (secondary N) is 2. The normalized spacial score (nSPS) is 12.2. The average molecular weight is 465 g/mol. The fourth-order valence-corrected chi connectivity index (χ4v) is 3.40.